The average Bonchev–Trinajstić information content (AvgIpc) is 3.12. The summed E-state index contributed by atoms with van der Waals surface area (Å²) in [5.74, 6) is 0.756. The SMILES string of the molecule is CCc1[nH]nc(C(=O)N2CCc3nc(C4CCCCN4C(C)=O)ncc3C2)c1C. The Morgan fingerprint density at radius 2 is 2.10 bits per heavy atom. The molecule has 0 radical (unpaired) electrons. The Bertz CT molecular complexity index is 937. The lowest BCUT2D eigenvalue weighted by atomic mass is 10.00. The van der Waals surface area contributed by atoms with E-state index in [9.17, 15) is 9.59 Å². The Balaban J connectivity index is 1.53. The van der Waals surface area contributed by atoms with Crippen molar-refractivity contribution in [2.45, 2.75) is 65.5 Å². The minimum Gasteiger partial charge on any atom is -0.333 e. The van der Waals surface area contributed by atoms with Crippen molar-refractivity contribution >= 4 is 11.8 Å². The van der Waals surface area contributed by atoms with E-state index < -0.39 is 0 Å². The van der Waals surface area contributed by atoms with Crippen LogP contribution < -0.4 is 0 Å². The second-order valence-corrected chi connectivity index (χ2v) is 7.93. The summed E-state index contributed by atoms with van der Waals surface area (Å²) in [6.07, 6.45) is 6.36. The summed E-state index contributed by atoms with van der Waals surface area (Å²) in [5, 5.41) is 7.20. The van der Waals surface area contributed by atoms with Gasteiger partial charge in [-0.15, -0.1) is 0 Å². The molecule has 1 N–H and O–H groups in total. The van der Waals surface area contributed by atoms with Crippen molar-refractivity contribution in [1.29, 1.82) is 0 Å². The summed E-state index contributed by atoms with van der Waals surface area (Å²) in [6.45, 7) is 7.46. The minimum atomic E-state index is -0.0526. The molecule has 1 unspecified atom stereocenters. The van der Waals surface area contributed by atoms with Crippen LogP contribution in [0.4, 0.5) is 0 Å². The molecular weight excluding hydrogens is 368 g/mol. The van der Waals surface area contributed by atoms with Gasteiger partial charge in [0, 0.05) is 56.0 Å². The van der Waals surface area contributed by atoms with Crippen LogP contribution in [-0.2, 0) is 24.2 Å². The van der Waals surface area contributed by atoms with Crippen LogP contribution in [0.5, 0.6) is 0 Å². The van der Waals surface area contributed by atoms with Crippen molar-refractivity contribution in [3.05, 3.63) is 40.2 Å². The number of amides is 2. The number of hydrogen-bond acceptors (Lipinski definition) is 5. The molecule has 2 aliphatic rings. The van der Waals surface area contributed by atoms with Gasteiger partial charge in [0.15, 0.2) is 11.5 Å². The molecule has 4 heterocycles. The van der Waals surface area contributed by atoms with E-state index in [0.29, 0.717) is 25.2 Å². The lowest BCUT2D eigenvalue weighted by Gasteiger charge is -2.35. The summed E-state index contributed by atoms with van der Waals surface area (Å²) in [7, 11) is 0. The maximum atomic E-state index is 13.0. The van der Waals surface area contributed by atoms with Gasteiger partial charge < -0.3 is 9.80 Å². The molecule has 2 aromatic heterocycles. The highest BCUT2D eigenvalue weighted by atomic mass is 16.2. The van der Waals surface area contributed by atoms with Gasteiger partial charge >= 0.3 is 0 Å². The number of rotatable bonds is 3. The van der Waals surface area contributed by atoms with Crippen molar-refractivity contribution in [2.75, 3.05) is 13.1 Å². The molecule has 1 atom stereocenters. The van der Waals surface area contributed by atoms with Crippen molar-refractivity contribution in [3.8, 4) is 0 Å². The molecule has 8 heteroatoms. The first-order valence-corrected chi connectivity index (χ1v) is 10.4. The van der Waals surface area contributed by atoms with E-state index in [4.69, 9.17) is 4.98 Å². The number of nitrogens with one attached hydrogen (secondary N) is 1. The van der Waals surface area contributed by atoms with Gasteiger partial charge in [0.05, 0.1) is 11.7 Å². The topological polar surface area (TPSA) is 95.1 Å². The normalized spacial score (nSPS) is 19.2. The van der Waals surface area contributed by atoms with E-state index in [2.05, 4.69) is 15.2 Å². The molecule has 0 aliphatic carbocycles. The molecule has 4 rings (SSSR count). The number of aromatic nitrogens is 4. The van der Waals surface area contributed by atoms with E-state index in [0.717, 1.165) is 60.6 Å². The van der Waals surface area contributed by atoms with E-state index >= 15 is 0 Å². The second kappa shape index (κ2) is 7.93. The zero-order chi connectivity index (χ0) is 20.5. The van der Waals surface area contributed by atoms with Crippen LogP contribution in [-0.4, -0.2) is 54.9 Å². The zero-order valence-electron chi connectivity index (χ0n) is 17.4. The number of piperidine rings is 1. The monoisotopic (exact) mass is 396 g/mol. The number of nitrogens with zero attached hydrogens (tertiary/aromatic N) is 5. The molecule has 0 saturated carbocycles. The Labute approximate surface area is 170 Å². The number of fused-ring (bicyclic) bond motifs is 1. The molecule has 154 valence electrons. The van der Waals surface area contributed by atoms with Gasteiger partial charge in [-0.25, -0.2) is 9.97 Å². The van der Waals surface area contributed by atoms with Crippen molar-refractivity contribution < 1.29 is 9.59 Å². The summed E-state index contributed by atoms with van der Waals surface area (Å²) in [5.41, 5.74) is 4.39. The Hall–Kier alpha value is -2.77. The maximum absolute atomic E-state index is 13.0. The number of carbonyl (C=O) groups is 2. The van der Waals surface area contributed by atoms with Crippen molar-refractivity contribution in [2.24, 2.45) is 0 Å². The Morgan fingerprint density at radius 1 is 1.28 bits per heavy atom. The predicted molar refractivity (Wildman–Crippen MR) is 107 cm³/mol. The molecule has 0 bridgehead atoms. The van der Waals surface area contributed by atoms with Crippen molar-refractivity contribution in [3.63, 3.8) is 0 Å². The van der Waals surface area contributed by atoms with Crippen LogP contribution in [0.2, 0.25) is 0 Å². The van der Waals surface area contributed by atoms with Gasteiger partial charge in [0.2, 0.25) is 5.91 Å². The summed E-state index contributed by atoms with van der Waals surface area (Å²) < 4.78 is 0. The van der Waals surface area contributed by atoms with E-state index in [1.165, 1.54) is 0 Å². The zero-order valence-corrected chi connectivity index (χ0v) is 17.4. The van der Waals surface area contributed by atoms with Gasteiger partial charge in [-0.05, 0) is 32.6 Å². The molecule has 0 spiro atoms. The summed E-state index contributed by atoms with van der Waals surface area (Å²) in [6, 6.07) is -0.0367. The molecule has 1 saturated heterocycles. The van der Waals surface area contributed by atoms with Crippen molar-refractivity contribution in [1.82, 2.24) is 30.0 Å². The Kier molecular flexibility index (Phi) is 5.34. The lowest BCUT2D eigenvalue weighted by Crippen LogP contribution is -2.39. The number of likely N-dealkylation sites (tertiary alicyclic amines) is 1. The Morgan fingerprint density at radius 3 is 2.83 bits per heavy atom. The molecule has 29 heavy (non-hydrogen) atoms. The number of hydrogen-bond donors (Lipinski definition) is 1. The minimum absolute atomic E-state index is 0.0367. The van der Waals surface area contributed by atoms with Gasteiger partial charge in [-0.2, -0.15) is 5.10 Å². The van der Waals surface area contributed by atoms with Gasteiger partial charge in [-0.1, -0.05) is 6.92 Å². The van der Waals surface area contributed by atoms with E-state index in [1.54, 1.807) is 6.92 Å². The number of aryl methyl sites for hydroxylation is 1. The largest absolute Gasteiger partial charge is 0.333 e. The fourth-order valence-corrected chi connectivity index (χ4v) is 4.38. The fraction of sp³-hybridized carbons (Fsp3) is 0.571. The highest BCUT2D eigenvalue weighted by molar-refractivity contribution is 5.94. The molecule has 2 amide bonds. The van der Waals surface area contributed by atoms with Gasteiger partial charge in [-0.3, -0.25) is 14.7 Å². The smallest absolute Gasteiger partial charge is 0.274 e. The number of aromatic amines is 1. The van der Waals surface area contributed by atoms with E-state index in [1.807, 2.05) is 29.8 Å². The third-order valence-electron chi connectivity index (χ3n) is 6.11. The number of H-pyrrole nitrogens is 1. The molecule has 2 aromatic rings. The first kappa shape index (κ1) is 19.5. The summed E-state index contributed by atoms with van der Waals surface area (Å²) >= 11 is 0. The molecular formula is C21H28N6O2. The third kappa shape index (κ3) is 3.63. The molecule has 0 aromatic carbocycles. The molecule has 8 nitrogen and oxygen atoms in total. The maximum Gasteiger partial charge on any atom is 0.274 e. The quantitative estimate of drug-likeness (QED) is 0.859. The van der Waals surface area contributed by atoms with Crippen LogP contribution in [0.1, 0.15) is 78.0 Å². The molecule has 2 aliphatic heterocycles. The first-order valence-electron chi connectivity index (χ1n) is 10.4. The predicted octanol–water partition coefficient (Wildman–Crippen LogP) is 2.34. The average molecular weight is 396 g/mol. The van der Waals surface area contributed by atoms with E-state index in [-0.39, 0.29) is 17.9 Å². The second-order valence-electron chi connectivity index (χ2n) is 7.93. The standard InChI is InChI=1S/C21H28N6O2/c1-4-16-13(2)19(25-24-16)21(29)26-10-8-17-15(12-26)11-22-20(23-17)18-7-5-6-9-27(18)14(3)28/h11,18H,4-10,12H2,1-3H3,(H,24,25). The third-order valence-corrected chi connectivity index (χ3v) is 6.11. The number of carbonyl (C=O) groups excluding carboxylic acids is 2. The fourth-order valence-electron chi connectivity index (χ4n) is 4.38. The highest BCUT2D eigenvalue weighted by Crippen LogP contribution is 2.30. The van der Waals surface area contributed by atoms with Gasteiger partial charge in [0.25, 0.3) is 5.91 Å². The van der Waals surface area contributed by atoms with Crippen LogP contribution in [0.15, 0.2) is 6.20 Å². The summed E-state index contributed by atoms with van der Waals surface area (Å²) in [4.78, 5) is 38.0. The van der Waals surface area contributed by atoms with Crippen LogP contribution in [0.25, 0.3) is 0 Å². The first-order chi connectivity index (χ1) is 14.0. The van der Waals surface area contributed by atoms with Gasteiger partial charge in [0.1, 0.15) is 0 Å². The molecule has 1 fully saturated rings. The van der Waals surface area contributed by atoms with Crippen LogP contribution in [0, 0.1) is 6.92 Å². The lowest BCUT2D eigenvalue weighted by molar-refractivity contribution is -0.132. The van der Waals surface area contributed by atoms with Crippen LogP contribution in [0.3, 0.4) is 0 Å². The van der Waals surface area contributed by atoms with Crippen LogP contribution >= 0.6 is 0 Å². The highest BCUT2D eigenvalue weighted by Gasteiger charge is 2.30.